The molecule has 0 bridgehead atoms. The van der Waals surface area contributed by atoms with Crippen LogP contribution in [0.15, 0.2) is 24.3 Å². The Morgan fingerprint density at radius 3 is 2.46 bits per heavy atom. The summed E-state index contributed by atoms with van der Waals surface area (Å²) in [5.41, 5.74) is 0.309. The van der Waals surface area contributed by atoms with Gasteiger partial charge in [0.2, 0.25) is 12.2 Å². The van der Waals surface area contributed by atoms with Crippen LogP contribution in [-0.2, 0) is 9.53 Å². The zero-order valence-corrected chi connectivity index (χ0v) is 13.4. The van der Waals surface area contributed by atoms with E-state index in [0.717, 1.165) is 0 Å². The van der Waals surface area contributed by atoms with Crippen molar-refractivity contribution in [2.24, 2.45) is 0 Å². The normalized spacial score (nSPS) is 29.8. The number of nitrogens with one attached hydrogen (secondary N) is 1. The Hall–Kier alpha value is -2.00. The maximum absolute atomic E-state index is 11.7. The second kappa shape index (κ2) is 7.71. The van der Waals surface area contributed by atoms with Crippen molar-refractivity contribution in [1.82, 2.24) is 5.32 Å². The number of rotatable bonds is 5. The number of carbonyl (C=O) groups is 2. The number of benzene rings is 1. The summed E-state index contributed by atoms with van der Waals surface area (Å²) >= 11 is 0. The van der Waals surface area contributed by atoms with Gasteiger partial charge in [0, 0.05) is 6.92 Å². The Kier molecular flexibility index (Phi) is 5.89. The van der Waals surface area contributed by atoms with Gasteiger partial charge >= 0.3 is 0 Å². The predicted octanol–water partition coefficient (Wildman–Crippen LogP) is -0.788. The number of ketones is 1. The fourth-order valence-corrected chi connectivity index (χ4v) is 2.56. The zero-order valence-electron chi connectivity index (χ0n) is 13.4. The zero-order chi connectivity index (χ0) is 17.9. The molecule has 0 unspecified atom stereocenters. The molecule has 0 saturated carbocycles. The van der Waals surface area contributed by atoms with Gasteiger partial charge in [0.15, 0.2) is 5.78 Å². The van der Waals surface area contributed by atoms with Crippen LogP contribution in [0.3, 0.4) is 0 Å². The number of ether oxygens (including phenoxy) is 2. The molecule has 2 rings (SSSR count). The van der Waals surface area contributed by atoms with E-state index < -0.39 is 43.2 Å². The van der Waals surface area contributed by atoms with Gasteiger partial charge in [-0.3, -0.25) is 9.59 Å². The minimum atomic E-state index is -1.41. The number of aliphatic hydroxyl groups excluding tert-OH is 3. The van der Waals surface area contributed by atoms with Gasteiger partial charge in [-0.05, 0) is 19.1 Å². The van der Waals surface area contributed by atoms with Crippen molar-refractivity contribution in [2.75, 3.05) is 6.61 Å². The minimum Gasteiger partial charge on any atom is -0.462 e. The highest BCUT2D eigenvalue weighted by Crippen LogP contribution is 2.26. The van der Waals surface area contributed by atoms with Crippen LogP contribution in [0.4, 0.5) is 0 Å². The van der Waals surface area contributed by atoms with Crippen LogP contribution < -0.4 is 10.1 Å². The SMILES string of the molecule is CC(=O)N[C@@H]1[C@H](Oc2ccccc2C(C)=O)O[C@H](CO)[C@H](O)[C@H]1O. The van der Waals surface area contributed by atoms with E-state index in [0.29, 0.717) is 5.56 Å². The molecule has 5 atom stereocenters. The minimum absolute atomic E-state index is 0.214. The van der Waals surface area contributed by atoms with Gasteiger partial charge in [-0.25, -0.2) is 0 Å². The largest absolute Gasteiger partial charge is 0.462 e. The number of hydrogen-bond donors (Lipinski definition) is 4. The molecule has 1 fully saturated rings. The molecule has 1 amide bonds. The van der Waals surface area contributed by atoms with E-state index in [-0.39, 0.29) is 11.5 Å². The van der Waals surface area contributed by atoms with Crippen LogP contribution in [0.2, 0.25) is 0 Å². The van der Waals surface area contributed by atoms with E-state index in [1.807, 2.05) is 0 Å². The molecule has 1 heterocycles. The standard InChI is InChI=1S/C16H21NO7/c1-8(19)10-5-3-4-6-11(10)23-16-13(17-9(2)20)15(22)14(21)12(7-18)24-16/h3-6,12-16,18,21-22H,7H2,1-2H3,(H,17,20)/t12-,13+,14+,15+,16-/m1/s1. The van der Waals surface area contributed by atoms with Crippen molar-refractivity contribution >= 4 is 11.7 Å². The van der Waals surface area contributed by atoms with Gasteiger partial charge in [0.05, 0.1) is 12.2 Å². The van der Waals surface area contributed by atoms with Gasteiger partial charge in [-0.1, -0.05) is 12.1 Å². The smallest absolute Gasteiger partial charge is 0.223 e. The number of Topliss-reactive ketones (excluding diaryl/α,β-unsaturated/α-hetero) is 1. The number of carbonyl (C=O) groups excluding carboxylic acids is 2. The molecule has 0 radical (unpaired) electrons. The van der Waals surface area contributed by atoms with E-state index >= 15 is 0 Å². The summed E-state index contributed by atoms with van der Waals surface area (Å²) in [4.78, 5) is 23.1. The Labute approximate surface area is 139 Å². The van der Waals surface area contributed by atoms with Crippen molar-refractivity contribution < 1.29 is 34.4 Å². The molecule has 1 aliphatic heterocycles. The summed E-state index contributed by atoms with van der Waals surface area (Å²) in [7, 11) is 0. The highest BCUT2D eigenvalue weighted by molar-refractivity contribution is 5.96. The first-order valence-electron chi connectivity index (χ1n) is 7.51. The summed E-state index contributed by atoms with van der Waals surface area (Å²) in [6, 6.07) is 5.39. The molecule has 0 aliphatic carbocycles. The summed E-state index contributed by atoms with van der Waals surface area (Å²) in [5.74, 6) is -0.465. The molecule has 1 aromatic carbocycles. The number of amides is 1. The predicted molar refractivity (Wildman–Crippen MR) is 82.4 cm³/mol. The molecule has 1 saturated heterocycles. The maximum atomic E-state index is 11.7. The van der Waals surface area contributed by atoms with Crippen molar-refractivity contribution in [3.8, 4) is 5.75 Å². The molecule has 0 spiro atoms. The first-order valence-corrected chi connectivity index (χ1v) is 7.51. The lowest BCUT2D eigenvalue weighted by Crippen LogP contribution is -2.65. The average molecular weight is 339 g/mol. The lowest BCUT2D eigenvalue weighted by atomic mass is 9.97. The third-order valence-electron chi connectivity index (χ3n) is 3.76. The first-order chi connectivity index (χ1) is 11.3. The van der Waals surface area contributed by atoms with Crippen LogP contribution in [0.25, 0.3) is 0 Å². The van der Waals surface area contributed by atoms with E-state index in [1.165, 1.54) is 13.8 Å². The maximum Gasteiger partial charge on any atom is 0.223 e. The van der Waals surface area contributed by atoms with Crippen LogP contribution in [-0.4, -0.2) is 64.3 Å². The second-order valence-corrected chi connectivity index (χ2v) is 5.60. The van der Waals surface area contributed by atoms with Gasteiger partial charge in [-0.2, -0.15) is 0 Å². The van der Waals surface area contributed by atoms with E-state index in [4.69, 9.17) is 9.47 Å². The van der Waals surface area contributed by atoms with Crippen molar-refractivity contribution in [3.63, 3.8) is 0 Å². The van der Waals surface area contributed by atoms with Crippen molar-refractivity contribution in [1.29, 1.82) is 0 Å². The Balaban J connectivity index is 2.30. The summed E-state index contributed by atoms with van der Waals surface area (Å²) in [6.07, 6.45) is -5.08. The highest BCUT2D eigenvalue weighted by Gasteiger charge is 2.46. The van der Waals surface area contributed by atoms with Crippen LogP contribution in [0, 0.1) is 0 Å². The quantitative estimate of drug-likeness (QED) is 0.518. The van der Waals surface area contributed by atoms with E-state index in [2.05, 4.69) is 5.32 Å². The monoisotopic (exact) mass is 339 g/mol. The molecule has 1 aliphatic rings. The lowest BCUT2D eigenvalue weighted by molar-refractivity contribution is -0.244. The molecule has 8 heteroatoms. The molecular weight excluding hydrogens is 318 g/mol. The average Bonchev–Trinajstić information content (AvgIpc) is 2.54. The molecule has 0 aromatic heterocycles. The number of hydrogen-bond acceptors (Lipinski definition) is 7. The molecule has 4 N–H and O–H groups in total. The number of para-hydroxylation sites is 1. The summed E-state index contributed by atoms with van der Waals surface area (Å²) in [6.45, 7) is 2.08. The van der Waals surface area contributed by atoms with Gasteiger partial charge in [0.1, 0.15) is 30.1 Å². The van der Waals surface area contributed by atoms with Gasteiger partial charge in [-0.15, -0.1) is 0 Å². The highest BCUT2D eigenvalue weighted by atomic mass is 16.7. The van der Waals surface area contributed by atoms with E-state index in [9.17, 15) is 24.9 Å². The molecular formula is C16H21NO7. The second-order valence-electron chi connectivity index (χ2n) is 5.60. The summed E-state index contributed by atoms with van der Waals surface area (Å²) < 4.78 is 11.1. The van der Waals surface area contributed by atoms with E-state index in [1.54, 1.807) is 24.3 Å². The van der Waals surface area contributed by atoms with Crippen molar-refractivity contribution in [3.05, 3.63) is 29.8 Å². The molecule has 8 nitrogen and oxygen atoms in total. The lowest BCUT2D eigenvalue weighted by Gasteiger charge is -2.42. The summed E-state index contributed by atoms with van der Waals surface area (Å²) in [5, 5.41) is 31.9. The fraction of sp³-hybridized carbons (Fsp3) is 0.500. The topological polar surface area (TPSA) is 125 Å². The fourth-order valence-electron chi connectivity index (χ4n) is 2.56. The molecule has 132 valence electrons. The van der Waals surface area contributed by atoms with Crippen LogP contribution in [0.5, 0.6) is 5.75 Å². The Morgan fingerprint density at radius 1 is 1.21 bits per heavy atom. The van der Waals surface area contributed by atoms with Gasteiger partial charge < -0.3 is 30.1 Å². The Morgan fingerprint density at radius 2 is 1.88 bits per heavy atom. The third kappa shape index (κ3) is 3.90. The first kappa shape index (κ1) is 18.3. The van der Waals surface area contributed by atoms with Gasteiger partial charge in [0.25, 0.3) is 0 Å². The number of aliphatic hydroxyl groups is 3. The van der Waals surface area contributed by atoms with Crippen LogP contribution >= 0.6 is 0 Å². The Bertz CT molecular complexity index is 606. The van der Waals surface area contributed by atoms with Crippen LogP contribution in [0.1, 0.15) is 24.2 Å². The third-order valence-corrected chi connectivity index (χ3v) is 3.76. The molecule has 24 heavy (non-hydrogen) atoms. The molecule has 1 aromatic rings. The van der Waals surface area contributed by atoms with Crippen molar-refractivity contribution in [2.45, 2.75) is 44.5 Å².